The van der Waals surface area contributed by atoms with Gasteiger partial charge in [0.1, 0.15) is 6.17 Å². The van der Waals surface area contributed by atoms with E-state index < -0.39 is 0 Å². The molecule has 0 spiro atoms. The first-order valence-electron chi connectivity index (χ1n) is 8.30. The number of nitrogens with zero attached hydrogens (tertiary/aromatic N) is 2. The normalized spacial score (nSPS) is 17.6. The summed E-state index contributed by atoms with van der Waals surface area (Å²) in [6.45, 7) is 0.196. The van der Waals surface area contributed by atoms with E-state index in [1.165, 1.54) is 0 Å². The highest BCUT2D eigenvalue weighted by Gasteiger charge is 2.34. The number of hydrogen-bond donors (Lipinski definition) is 1. The lowest BCUT2D eigenvalue weighted by atomic mass is 10.0. The molecule has 3 heterocycles. The number of carbonyl (C=O) groups is 1. The van der Waals surface area contributed by atoms with Crippen molar-refractivity contribution in [3.05, 3.63) is 78.1 Å². The maximum atomic E-state index is 13.3. The molecule has 0 aliphatic carbocycles. The number of ether oxygens (including phenoxy) is 2. The van der Waals surface area contributed by atoms with Crippen molar-refractivity contribution in [2.45, 2.75) is 6.17 Å². The maximum Gasteiger partial charge on any atom is 0.262 e. The molecule has 128 valence electrons. The van der Waals surface area contributed by atoms with E-state index in [1.54, 1.807) is 17.3 Å². The van der Waals surface area contributed by atoms with Crippen molar-refractivity contribution in [2.75, 3.05) is 17.0 Å². The van der Waals surface area contributed by atoms with Gasteiger partial charge in [0.05, 0.1) is 11.3 Å². The molecule has 3 aromatic rings. The van der Waals surface area contributed by atoms with Crippen molar-refractivity contribution in [2.24, 2.45) is 0 Å². The van der Waals surface area contributed by atoms with Crippen LogP contribution in [0.15, 0.2) is 67.0 Å². The van der Waals surface area contributed by atoms with Crippen LogP contribution in [-0.4, -0.2) is 17.7 Å². The summed E-state index contributed by atoms with van der Waals surface area (Å²) in [7, 11) is 0. The zero-order valence-corrected chi connectivity index (χ0v) is 13.8. The summed E-state index contributed by atoms with van der Waals surface area (Å²) in [5.74, 6) is 1.26. The van der Waals surface area contributed by atoms with Crippen molar-refractivity contribution in [3.63, 3.8) is 0 Å². The maximum absolute atomic E-state index is 13.3. The standard InChI is InChI=1S/C20H15N3O3/c24-20-15-3-1-2-4-16(15)22-19(13-7-9-21-10-8-13)23(20)14-5-6-17-18(11-14)26-12-25-17/h1-11,19,22H,12H2. The van der Waals surface area contributed by atoms with Crippen LogP contribution in [0, 0.1) is 0 Å². The molecule has 1 amide bonds. The lowest BCUT2D eigenvalue weighted by molar-refractivity contribution is 0.0975. The second kappa shape index (κ2) is 5.77. The highest BCUT2D eigenvalue weighted by Crippen LogP contribution is 2.41. The topological polar surface area (TPSA) is 63.7 Å². The molecule has 0 radical (unpaired) electrons. The van der Waals surface area contributed by atoms with Gasteiger partial charge in [-0.15, -0.1) is 0 Å². The number of hydrogen-bond acceptors (Lipinski definition) is 5. The Hall–Kier alpha value is -3.54. The monoisotopic (exact) mass is 345 g/mol. The Morgan fingerprint density at radius 2 is 1.81 bits per heavy atom. The quantitative estimate of drug-likeness (QED) is 0.769. The molecule has 5 rings (SSSR count). The number of anilines is 2. The number of aromatic nitrogens is 1. The molecule has 6 heteroatoms. The van der Waals surface area contributed by atoms with E-state index in [1.807, 2.05) is 54.6 Å². The SMILES string of the molecule is O=C1c2ccccc2NC(c2ccncc2)N1c1ccc2c(c1)OCO2. The van der Waals surface area contributed by atoms with Gasteiger partial charge in [-0.1, -0.05) is 12.1 Å². The second-order valence-electron chi connectivity index (χ2n) is 6.09. The molecule has 1 aromatic heterocycles. The molecule has 0 saturated heterocycles. The molecule has 0 fully saturated rings. The molecule has 6 nitrogen and oxygen atoms in total. The van der Waals surface area contributed by atoms with E-state index in [0.717, 1.165) is 16.9 Å². The summed E-state index contributed by atoms with van der Waals surface area (Å²) in [4.78, 5) is 19.1. The van der Waals surface area contributed by atoms with Gasteiger partial charge in [0, 0.05) is 24.1 Å². The number of rotatable bonds is 2. The van der Waals surface area contributed by atoms with Crippen molar-refractivity contribution in [1.29, 1.82) is 0 Å². The average Bonchev–Trinajstić information content (AvgIpc) is 3.16. The Labute approximate surface area is 150 Å². The molecule has 2 aliphatic heterocycles. The van der Waals surface area contributed by atoms with Gasteiger partial charge >= 0.3 is 0 Å². The molecule has 2 aliphatic rings. The van der Waals surface area contributed by atoms with Gasteiger partial charge in [-0.2, -0.15) is 0 Å². The lowest BCUT2D eigenvalue weighted by Crippen LogP contribution is -2.43. The van der Waals surface area contributed by atoms with Gasteiger partial charge in [-0.3, -0.25) is 14.7 Å². The van der Waals surface area contributed by atoms with Crippen LogP contribution < -0.4 is 19.7 Å². The summed E-state index contributed by atoms with van der Waals surface area (Å²) in [6.07, 6.45) is 3.10. The molecule has 1 N–H and O–H groups in total. The van der Waals surface area contributed by atoms with Crippen LogP contribution in [0.4, 0.5) is 11.4 Å². The molecule has 0 bridgehead atoms. The molecular weight excluding hydrogens is 330 g/mol. The van der Waals surface area contributed by atoms with Gasteiger partial charge in [-0.05, 0) is 42.0 Å². The number of para-hydroxylation sites is 1. The van der Waals surface area contributed by atoms with E-state index >= 15 is 0 Å². The van der Waals surface area contributed by atoms with Crippen LogP contribution in [0.5, 0.6) is 11.5 Å². The third kappa shape index (κ3) is 2.27. The van der Waals surface area contributed by atoms with Crippen LogP contribution in [0.25, 0.3) is 0 Å². The van der Waals surface area contributed by atoms with E-state index in [0.29, 0.717) is 17.1 Å². The van der Waals surface area contributed by atoms with Crippen LogP contribution in [0.1, 0.15) is 22.1 Å². The van der Waals surface area contributed by atoms with Crippen LogP contribution in [0.3, 0.4) is 0 Å². The van der Waals surface area contributed by atoms with E-state index in [2.05, 4.69) is 10.3 Å². The predicted octanol–water partition coefficient (Wildman–Crippen LogP) is 3.58. The number of fused-ring (bicyclic) bond motifs is 2. The number of nitrogens with one attached hydrogen (secondary N) is 1. The van der Waals surface area contributed by atoms with Crippen LogP contribution in [0.2, 0.25) is 0 Å². The zero-order chi connectivity index (χ0) is 17.5. The average molecular weight is 345 g/mol. The zero-order valence-electron chi connectivity index (χ0n) is 13.8. The van der Waals surface area contributed by atoms with Crippen molar-refractivity contribution < 1.29 is 14.3 Å². The van der Waals surface area contributed by atoms with Crippen LogP contribution >= 0.6 is 0 Å². The number of carbonyl (C=O) groups excluding carboxylic acids is 1. The lowest BCUT2D eigenvalue weighted by Gasteiger charge is -2.38. The van der Waals surface area contributed by atoms with Crippen molar-refractivity contribution in [1.82, 2.24) is 4.98 Å². The fourth-order valence-corrected chi connectivity index (χ4v) is 3.33. The fraction of sp³-hybridized carbons (Fsp3) is 0.100. The van der Waals surface area contributed by atoms with Crippen molar-refractivity contribution in [3.8, 4) is 11.5 Å². The summed E-state index contributed by atoms with van der Waals surface area (Å²) in [5.41, 5.74) is 3.13. The third-order valence-electron chi connectivity index (χ3n) is 4.58. The molecule has 2 aromatic carbocycles. The highest BCUT2D eigenvalue weighted by atomic mass is 16.7. The minimum atomic E-state index is -0.347. The van der Waals surface area contributed by atoms with E-state index in [4.69, 9.17) is 9.47 Å². The molecule has 0 saturated carbocycles. The first kappa shape index (κ1) is 14.8. The predicted molar refractivity (Wildman–Crippen MR) is 96.4 cm³/mol. The molecule has 1 atom stereocenters. The minimum absolute atomic E-state index is 0.0694. The van der Waals surface area contributed by atoms with Gasteiger partial charge in [0.15, 0.2) is 11.5 Å². The summed E-state index contributed by atoms with van der Waals surface area (Å²) in [6, 6.07) is 16.9. The first-order valence-corrected chi connectivity index (χ1v) is 8.30. The number of amides is 1. The number of pyridine rings is 1. The van der Waals surface area contributed by atoms with Crippen molar-refractivity contribution >= 4 is 17.3 Å². The third-order valence-corrected chi connectivity index (χ3v) is 4.58. The smallest absolute Gasteiger partial charge is 0.262 e. The molecule has 1 unspecified atom stereocenters. The molecule has 26 heavy (non-hydrogen) atoms. The van der Waals surface area contributed by atoms with Gasteiger partial charge in [0.25, 0.3) is 5.91 Å². The summed E-state index contributed by atoms with van der Waals surface area (Å²) in [5, 5.41) is 3.47. The van der Waals surface area contributed by atoms with Gasteiger partial charge < -0.3 is 14.8 Å². The minimum Gasteiger partial charge on any atom is -0.454 e. The molecular formula is C20H15N3O3. The highest BCUT2D eigenvalue weighted by molar-refractivity contribution is 6.12. The first-order chi connectivity index (χ1) is 12.8. The van der Waals surface area contributed by atoms with E-state index in [-0.39, 0.29) is 18.9 Å². The largest absolute Gasteiger partial charge is 0.454 e. The second-order valence-corrected chi connectivity index (χ2v) is 6.09. The van der Waals surface area contributed by atoms with Gasteiger partial charge in [0.2, 0.25) is 6.79 Å². The Morgan fingerprint density at radius 1 is 1.00 bits per heavy atom. The Morgan fingerprint density at radius 3 is 2.69 bits per heavy atom. The van der Waals surface area contributed by atoms with E-state index in [9.17, 15) is 4.79 Å². The summed E-state index contributed by atoms with van der Waals surface area (Å²) < 4.78 is 10.9. The Bertz CT molecular complexity index is 991. The van der Waals surface area contributed by atoms with Gasteiger partial charge in [-0.25, -0.2) is 0 Å². The Balaban J connectivity index is 1.65. The fourth-order valence-electron chi connectivity index (χ4n) is 3.33. The summed E-state index contributed by atoms with van der Waals surface area (Å²) >= 11 is 0. The van der Waals surface area contributed by atoms with Crippen LogP contribution in [-0.2, 0) is 0 Å². The Kier molecular flexibility index (Phi) is 3.28. The number of benzene rings is 2.